The molecule has 122 valence electrons. The Bertz CT molecular complexity index is 666. The summed E-state index contributed by atoms with van der Waals surface area (Å²) in [5.41, 5.74) is 0.930. The van der Waals surface area contributed by atoms with E-state index >= 15 is 0 Å². The van der Waals surface area contributed by atoms with Crippen LogP contribution in [0.25, 0.3) is 0 Å². The van der Waals surface area contributed by atoms with Gasteiger partial charge in [-0.3, -0.25) is 0 Å². The van der Waals surface area contributed by atoms with Crippen molar-refractivity contribution >= 4 is 17.9 Å². The van der Waals surface area contributed by atoms with E-state index in [2.05, 4.69) is 15.8 Å². The second-order valence-electron chi connectivity index (χ2n) is 6.47. The summed E-state index contributed by atoms with van der Waals surface area (Å²) in [5.74, 6) is 1.99. The van der Waals surface area contributed by atoms with E-state index in [4.69, 9.17) is 32.2 Å². The molecule has 0 radical (unpaired) electrons. The molecule has 0 bridgehead atoms. The van der Waals surface area contributed by atoms with E-state index in [1.165, 1.54) is 0 Å². The molecule has 4 rings (SSSR count). The van der Waals surface area contributed by atoms with Crippen LogP contribution in [0.5, 0.6) is 0 Å². The Hall–Kier alpha value is -1.52. The van der Waals surface area contributed by atoms with Crippen molar-refractivity contribution in [2.24, 2.45) is 4.99 Å². The first-order chi connectivity index (χ1) is 10.9. The van der Waals surface area contributed by atoms with Crippen molar-refractivity contribution in [1.82, 2.24) is 9.80 Å². The molecule has 0 amide bonds. The molecule has 0 N–H and O–H groups in total. The fourth-order valence-corrected chi connectivity index (χ4v) is 3.76. The quantitative estimate of drug-likeness (QED) is 0.536. The van der Waals surface area contributed by atoms with Crippen LogP contribution in [0.3, 0.4) is 0 Å². The summed E-state index contributed by atoms with van der Waals surface area (Å²) in [7, 11) is 1.94. The number of hydrogen-bond donors (Lipinski definition) is 0. The fraction of sp³-hybridized carbons (Fsp3) is 0.562. The maximum atomic E-state index is 6.22. The molecule has 0 aromatic carbocycles. The first-order valence-electron chi connectivity index (χ1n) is 7.50. The highest BCUT2D eigenvalue weighted by atomic mass is 35.5. The molecule has 4 aliphatic rings. The third-order valence-electron chi connectivity index (χ3n) is 4.45. The maximum Gasteiger partial charge on any atom is 0.164 e. The minimum Gasteiger partial charge on any atom is -0.341 e. The van der Waals surface area contributed by atoms with Crippen molar-refractivity contribution in [2.75, 3.05) is 7.05 Å². The fourth-order valence-electron chi connectivity index (χ4n) is 3.55. The van der Waals surface area contributed by atoms with Crippen molar-refractivity contribution in [3.8, 4) is 12.3 Å². The largest absolute Gasteiger partial charge is 0.341 e. The Balaban J connectivity index is 1.65. The highest BCUT2D eigenvalue weighted by Gasteiger charge is 2.57. The number of hydrogen-bond acceptors (Lipinski definition) is 6. The van der Waals surface area contributed by atoms with Crippen molar-refractivity contribution in [1.29, 1.82) is 0 Å². The third-order valence-corrected chi connectivity index (χ3v) is 4.77. The molecule has 0 aliphatic carbocycles. The van der Waals surface area contributed by atoms with E-state index in [9.17, 15) is 0 Å². The lowest BCUT2D eigenvalue weighted by Gasteiger charge is -2.39. The summed E-state index contributed by atoms with van der Waals surface area (Å²) < 4.78 is 18.0. The lowest BCUT2D eigenvalue weighted by atomic mass is 10.1. The normalized spacial score (nSPS) is 40.6. The number of fused-ring (bicyclic) bond motifs is 2. The molecule has 1 unspecified atom stereocenters. The third kappa shape index (κ3) is 2.19. The molecule has 0 aromatic heterocycles. The Morgan fingerprint density at radius 2 is 2.09 bits per heavy atom. The van der Waals surface area contributed by atoms with E-state index in [1.807, 2.05) is 38.1 Å². The van der Waals surface area contributed by atoms with Crippen molar-refractivity contribution in [2.45, 2.75) is 50.3 Å². The zero-order valence-electron chi connectivity index (χ0n) is 13.1. The van der Waals surface area contributed by atoms with Crippen LogP contribution in [0.2, 0.25) is 0 Å². The Kier molecular flexibility index (Phi) is 3.26. The summed E-state index contributed by atoms with van der Waals surface area (Å²) >= 11 is 6.22. The van der Waals surface area contributed by atoms with Gasteiger partial charge in [-0.2, -0.15) is 0 Å². The summed E-state index contributed by atoms with van der Waals surface area (Å²) in [6.07, 6.45) is 9.80. The molecule has 0 aromatic rings. The number of aliphatic imine (C=N–C) groups is 1. The van der Waals surface area contributed by atoms with E-state index in [0.717, 1.165) is 5.57 Å². The van der Waals surface area contributed by atoms with Crippen LogP contribution in [-0.4, -0.2) is 59.7 Å². The average molecular weight is 336 g/mol. The second-order valence-corrected chi connectivity index (χ2v) is 6.83. The van der Waals surface area contributed by atoms with Crippen molar-refractivity contribution < 1.29 is 14.2 Å². The molecule has 0 saturated carbocycles. The first kappa shape index (κ1) is 15.0. The zero-order chi connectivity index (χ0) is 16.4. The molecule has 0 spiro atoms. The molecule has 2 fully saturated rings. The van der Waals surface area contributed by atoms with Crippen LogP contribution in [0.1, 0.15) is 13.8 Å². The zero-order valence-corrected chi connectivity index (χ0v) is 13.9. The van der Waals surface area contributed by atoms with Gasteiger partial charge in [-0.05, 0) is 19.9 Å². The van der Waals surface area contributed by atoms with E-state index < -0.39 is 11.9 Å². The van der Waals surface area contributed by atoms with Gasteiger partial charge in [0.1, 0.15) is 29.6 Å². The highest BCUT2D eigenvalue weighted by molar-refractivity contribution is 6.30. The van der Waals surface area contributed by atoms with Gasteiger partial charge >= 0.3 is 0 Å². The van der Waals surface area contributed by atoms with Gasteiger partial charge in [0.25, 0.3) is 0 Å². The van der Waals surface area contributed by atoms with Crippen molar-refractivity contribution in [3.63, 3.8) is 0 Å². The topological polar surface area (TPSA) is 46.5 Å². The van der Waals surface area contributed by atoms with Gasteiger partial charge in [0, 0.05) is 18.8 Å². The Morgan fingerprint density at radius 1 is 1.35 bits per heavy atom. The Morgan fingerprint density at radius 3 is 2.83 bits per heavy atom. The van der Waals surface area contributed by atoms with E-state index in [-0.39, 0.29) is 24.6 Å². The second kappa shape index (κ2) is 4.99. The molecule has 4 aliphatic heterocycles. The highest BCUT2D eigenvalue weighted by Crippen LogP contribution is 2.42. The minimum atomic E-state index is -0.674. The number of terminal acetylenes is 1. The molecule has 2 saturated heterocycles. The molecule has 7 heteroatoms. The lowest BCUT2D eigenvalue weighted by Crippen LogP contribution is -2.51. The Labute approximate surface area is 140 Å². The molecule has 4 heterocycles. The van der Waals surface area contributed by atoms with Crippen molar-refractivity contribution in [3.05, 3.63) is 23.0 Å². The molecule has 6 nitrogen and oxygen atoms in total. The van der Waals surface area contributed by atoms with Gasteiger partial charge in [0.05, 0.1) is 6.34 Å². The SMILES string of the molecule is C#C[C@H]1O[C@@H](N2C=CC3=C(Cl)N=CN(C)C32)[C@@H]2OC(C)(C)O[C@@H]21. The van der Waals surface area contributed by atoms with Crippen LogP contribution >= 0.6 is 11.6 Å². The monoisotopic (exact) mass is 335 g/mol. The number of rotatable bonds is 1. The first-order valence-corrected chi connectivity index (χ1v) is 7.88. The number of likely N-dealkylation sites (N-methyl/N-ethyl adjacent to an activating group) is 1. The predicted molar refractivity (Wildman–Crippen MR) is 85.2 cm³/mol. The summed E-state index contributed by atoms with van der Waals surface area (Å²) in [6.45, 7) is 3.77. The molecular formula is C16H18ClN3O3. The average Bonchev–Trinajstić information content (AvgIpc) is 3.14. The number of nitrogens with zero attached hydrogens (tertiary/aromatic N) is 3. The summed E-state index contributed by atoms with van der Waals surface area (Å²) in [4.78, 5) is 8.21. The van der Waals surface area contributed by atoms with Gasteiger partial charge in [-0.15, -0.1) is 6.42 Å². The standard InChI is InChI=1S/C16H18ClN3O3/c1-5-10-11-12(23-16(2,3)22-11)15(21-10)20-7-6-9-13(17)18-8-19(4)14(9)20/h1,6-8,10-12,14-15H,2-4H3/t10-,11-,12-,14?,15-/m1/s1. The maximum absolute atomic E-state index is 6.22. The van der Waals surface area contributed by atoms with Gasteiger partial charge in [-0.25, -0.2) is 4.99 Å². The summed E-state index contributed by atoms with van der Waals surface area (Å²) in [5, 5.41) is 0.485. The van der Waals surface area contributed by atoms with Crippen LogP contribution in [0.4, 0.5) is 0 Å². The molecular weight excluding hydrogens is 318 g/mol. The van der Waals surface area contributed by atoms with Crippen LogP contribution in [0.15, 0.2) is 28.0 Å². The molecule has 5 atom stereocenters. The number of halogens is 1. The van der Waals surface area contributed by atoms with E-state index in [0.29, 0.717) is 5.16 Å². The van der Waals surface area contributed by atoms with Crippen LogP contribution in [-0.2, 0) is 14.2 Å². The predicted octanol–water partition coefficient (Wildman–Crippen LogP) is 1.44. The van der Waals surface area contributed by atoms with E-state index in [1.54, 1.807) is 6.34 Å². The number of ether oxygens (including phenoxy) is 3. The van der Waals surface area contributed by atoms with Crippen LogP contribution in [0, 0.1) is 12.3 Å². The smallest absolute Gasteiger partial charge is 0.164 e. The van der Waals surface area contributed by atoms with Gasteiger partial charge in [-0.1, -0.05) is 17.5 Å². The lowest BCUT2D eigenvalue weighted by molar-refractivity contribution is -0.199. The minimum absolute atomic E-state index is 0.0884. The van der Waals surface area contributed by atoms with Crippen LogP contribution < -0.4 is 0 Å². The molecule has 23 heavy (non-hydrogen) atoms. The summed E-state index contributed by atoms with van der Waals surface area (Å²) in [6, 6.07) is 0. The van der Waals surface area contributed by atoms with Gasteiger partial charge < -0.3 is 24.0 Å². The van der Waals surface area contributed by atoms with Gasteiger partial charge in [0.2, 0.25) is 0 Å². The van der Waals surface area contributed by atoms with Gasteiger partial charge in [0.15, 0.2) is 12.0 Å².